The predicted molar refractivity (Wildman–Crippen MR) is 138 cm³/mol. The smallest absolute Gasteiger partial charge is 0.158 e. The molecule has 0 aliphatic carbocycles. The van der Waals surface area contributed by atoms with Gasteiger partial charge in [-0.05, 0) is 63.1 Å². The molecule has 0 spiro atoms. The molecule has 4 aromatic rings. The first-order valence-electron chi connectivity index (χ1n) is 11.9. The van der Waals surface area contributed by atoms with Gasteiger partial charge in [-0.1, -0.05) is 0 Å². The summed E-state index contributed by atoms with van der Waals surface area (Å²) in [4.78, 5) is 4.73. The van der Waals surface area contributed by atoms with Crippen molar-refractivity contribution in [3.8, 4) is 22.8 Å². The minimum absolute atomic E-state index is 0.0425. The zero-order chi connectivity index (χ0) is 25.7. The number of aromatic nitrogens is 4. The van der Waals surface area contributed by atoms with E-state index in [4.69, 9.17) is 15.5 Å². The molecule has 7 nitrogen and oxygen atoms in total. The van der Waals surface area contributed by atoms with Gasteiger partial charge in [-0.2, -0.15) is 5.10 Å². The van der Waals surface area contributed by atoms with Crippen LogP contribution in [0.15, 0.2) is 30.6 Å². The van der Waals surface area contributed by atoms with Crippen LogP contribution in [0.1, 0.15) is 46.6 Å². The lowest BCUT2D eigenvalue weighted by Crippen LogP contribution is -2.27. The molecular formula is C27H29F2N7. The molecule has 5 rings (SSSR count). The fourth-order valence-corrected chi connectivity index (χ4v) is 5.10. The van der Waals surface area contributed by atoms with E-state index in [1.807, 2.05) is 11.6 Å². The van der Waals surface area contributed by atoms with Crippen LogP contribution in [0.4, 0.5) is 14.5 Å². The van der Waals surface area contributed by atoms with E-state index in [-0.39, 0.29) is 17.4 Å². The number of aryl methyl sites for hydroxylation is 2. The molecule has 3 N–H and O–H groups in total. The van der Waals surface area contributed by atoms with Crippen molar-refractivity contribution in [1.82, 2.24) is 24.6 Å². The molecule has 3 heterocycles. The molecule has 1 atom stereocenters. The molecule has 186 valence electrons. The standard InChI is InChI=1S/C27H29F2N7/c1-14-10-18(11-15(2)24(14)28)36-27(23-16(3)32-9-8-21(23)34-36)26-17(4)35(13-33-26)22-7-6-20(31-5)19(12-30)25(22)29/h6-7,10-13,16,30-32H,8-9H2,1-5H3/t16-/m0/s1. The van der Waals surface area contributed by atoms with Crippen LogP contribution >= 0.6 is 0 Å². The van der Waals surface area contributed by atoms with Crippen LogP contribution in [0.5, 0.6) is 0 Å². The third-order valence-corrected chi connectivity index (χ3v) is 6.97. The van der Waals surface area contributed by atoms with Gasteiger partial charge < -0.3 is 16.0 Å². The molecule has 0 fully saturated rings. The molecule has 0 saturated heterocycles. The van der Waals surface area contributed by atoms with Crippen molar-refractivity contribution < 1.29 is 8.78 Å². The lowest BCUT2D eigenvalue weighted by molar-refractivity contribution is 0.538. The van der Waals surface area contributed by atoms with Crippen molar-refractivity contribution in [3.05, 3.63) is 75.9 Å². The topological polar surface area (TPSA) is 83.6 Å². The van der Waals surface area contributed by atoms with Crippen molar-refractivity contribution in [2.45, 2.75) is 40.2 Å². The van der Waals surface area contributed by atoms with Crippen LogP contribution in [-0.4, -0.2) is 39.1 Å². The number of fused-ring (bicyclic) bond motifs is 1. The number of anilines is 1. The van der Waals surface area contributed by atoms with Crippen molar-refractivity contribution >= 4 is 11.9 Å². The minimum atomic E-state index is -0.501. The Morgan fingerprint density at radius 1 is 1.14 bits per heavy atom. The molecular weight excluding hydrogens is 460 g/mol. The lowest BCUT2D eigenvalue weighted by Gasteiger charge is -2.21. The molecule has 1 aliphatic heterocycles. The molecule has 1 aliphatic rings. The van der Waals surface area contributed by atoms with E-state index in [1.165, 1.54) is 0 Å². The summed E-state index contributed by atoms with van der Waals surface area (Å²) in [5, 5.41) is 19.1. The fourth-order valence-electron chi connectivity index (χ4n) is 5.10. The maximum atomic E-state index is 15.4. The van der Waals surface area contributed by atoms with Gasteiger partial charge in [0.1, 0.15) is 17.8 Å². The molecule has 36 heavy (non-hydrogen) atoms. The van der Waals surface area contributed by atoms with Gasteiger partial charge in [-0.3, -0.25) is 4.57 Å². The molecule has 9 heteroatoms. The SMILES string of the molecule is CNc1ccc(-n2cnc(-c3c4c(nn3-c3cc(C)c(F)c(C)c3)CCN[C@H]4C)c2C)c(F)c1C=N. The molecule has 2 aromatic heterocycles. The number of nitrogens with one attached hydrogen (secondary N) is 3. The van der Waals surface area contributed by atoms with Crippen LogP contribution in [-0.2, 0) is 6.42 Å². The minimum Gasteiger partial charge on any atom is -0.388 e. The van der Waals surface area contributed by atoms with Gasteiger partial charge in [0.25, 0.3) is 0 Å². The molecule has 0 amide bonds. The van der Waals surface area contributed by atoms with Crippen molar-refractivity contribution in [2.24, 2.45) is 0 Å². The zero-order valence-electron chi connectivity index (χ0n) is 21.0. The predicted octanol–water partition coefficient (Wildman–Crippen LogP) is 5.17. The second-order valence-corrected chi connectivity index (χ2v) is 9.24. The second-order valence-electron chi connectivity index (χ2n) is 9.24. The number of hydrogen-bond acceptors (Lipinski definition) is 5. The monoisotopic (exact) mass is 489 g/mol. The van der Waals surface area contributed by atoms with E-state index in [0.717, 1.165) is 47.5 Å². The second kappa shape index (κ2) is 8.98. The summed E-state index contributed by atoms with van der Waals surface area (Å²) >= 11 is 0. The van der Waals surface area contributed by atoms with Crippen molar-refractivity contribution in [1.29, 1.82) is 5.41 Å². The Labute approximate surface area is 208 Å². The number of hydrogen-bond donors (Lipinski definition) is 3. The summed E-state index contributed by atoms with van der Waals surface area (Å²) in [6, 6.07) is 7.06. The van der Waals surface area contributed by atoms with E-state index in [9.17, 15) is 4.39 Å². The van der Waals surface area contributed by atoms with E-state index >= 15 is 4.39 Å². The first-order valence-corrected chi connectivity index (χ1v) is 11.9. The Morgan fingerprint density at radius 3 is 2.53 bits per heavy atom. The van der Waals surface area contributed by atoms with Gasteiger partial charge in [0.2, 0.25) is 0 Å². The highest BCUT2D eigenvalue weighted by Gasteiger charge is 2.30. The Morgan fingerprint density at radius 2 is 1.86 bits per heavy atom. The number of halogens is 2. The van der Waals surface area contributed by atoms with Crippen molar-refractivity contribution in [3.63, 3.8) is 0 Å². The van der Waals surface area contributed by atoms with Crippen LogP contribution < -0.4 is 10.6 Å². The third-order valence-electron chi connectivity index (χ3n) is 6.97. The van der Waals surface area contributed by atoms with Gasteiger partial charge in [0.05, 0.1) is 28.3 Å². The maximum absolute atomic E-state index is 15.4. The number of rotatable bonds is 5. The van der Waals surface area contributed by atoms with Gasteiger partial charge in [-0.25, -0.2) is 18.4 Å². The zero-order valence-corrected chi connectivity index (χ0v) is 21.0. The summed E-state index contributed by atoms with van der Waals surface area (Å²) in [5.41, 5.74) is 7.11. The maximum Gasteiger partial charge on any atom is 0.158 e. The van der Waals surface area contributed by atoms with Crippen LogP contribution in [0, 0.1) is 37.8 Å². The van der Waals surface area contributed by atoms with Crippen LogP contribution in [0.3, 0.4) is 0 Å². The Balaban J connectivity index is 1.74. The largest absolute Gasteiger partial charge is 0.388 e. The first-order chi connectivity index (χ1) is 17.3. The first kappa shape index (κ1) is 23.9. The Hall–Kier alpha value is -3.85. The average Bonchev–Trinajstić information content (AvgIpc) is 3.43. The van der Waals surface area contributed by atoms with Gasteiger partial charge >= 0.3 is 0 Å². The Bertz CT molecular complexity index is 1480. The van der Waals surface area contributed by atoms with Gasteiger partial charge in [0, 0.05) is 49.2 Å². The quantitative estimate of drug-likeness (QED) is 0.338. The summed E-state index contributed by atoms with van der Waals surface area (Å²) < 4.78 is 33.4. The number of nitrogens with zero attached hydrogens (tertiary/aromatic N) is 4. The normalized spacial score (nSPS) is 15.1. The lowest BCUT2D eigenvalue weighted by atomic mass is 9.97. The highest BCUT2D eigenvalue weighted by atomic mass is 19.1. The molecule has 0 bridgehead atoms. The molecule has 0 unspecified atom stereocenters. The number of benzene rings is 2. The average molecular weight is 490 g/mol. The van der Waals surface area contributed by atoms with Gasteiger partial charge in [0.15, 0.2) is 5.82 Å². The summed E-state index contributed by atoms with van der Waals surface area (Å²) in [7, 11) is 1.69. The van der Waals surface area contributed by atoms with E-state index in [0.29, 0.717) is 28.2 Å². The third kappa shape index (κ3) is 3.62. The van der Waals surface area contributed by atoms with Gasteiger partial charge in [-0.15, -0.1) is 0 Å². The number of imidazole rings is 1. The summed E-state index contributed by atoms with van der Waals surface area (Å²) in [6.07, 6.45) is 3.37. The van der Waals surface area contributed by atoms with Crippen LogP contribution in [0.2, 0.25) is 0 Å². The van der Waals surface area contributed by atoms with E-state index < -0.39 is 5.82 Å². The van der Waals surface area contributed by atoms with Crippen molar-refractivity contribution in [2.75, 3.05) is 18.9 Å². The summed E-state index contributed by atoms with van der Waals surface area (Å²) in [6.45, 7) is 8.29. The highest BCUT2D eigenvalue weighted by Crippen LogP contribution is 2.37. The molecule has 0 radical (unpaired) electrons. The van der Waals surface area contributed by atoms with E-state index in [1.54, 1.807) is 56.1 Å². The molecule has 2 aromatic carbocycles. The highest BCUT2D eigenvalue weighted by molar-refractivity contribution is 5.87. The van der Waals surface area contributed by atoms with Crippen LogP contribution in [0.25, 0.3) is 22.8 Å². The summed E-state index contributed by atoms with van der Waals surface area (Å²) in [5.74, 6) is -0.727. The Kier molecular flexibility index (Phi) is 5.96. The molecule has 0 saturated carbocycles. The van der Waals surface area contributed by atoms with E-state index in [2.05, 4.69) is 17.6 Å². The fraction of sp³-hybridized carbons (Fsp3) is 0.296.